The van der Waals surface area contributed by atoms with Crippen LogP contribution in [0.3, 0.4) is 0 Å². The van der Waals surface area contributed by atoms with E-state index in [0.29, 0.717) is 48.9 Å². The van der Waals surface area contributed by atoms with Crippen molar-refractivity contribution in [3.63, 3.8) is 0 Å². The van der Waals surface area contributed by atoms with Crippen LogP contribution in [0.15, 0.2) is 36.4 Å². The summed E-state index contributed by atoms with van der Waals surface area (Å²) in [7, 11) is 4.26. The molecule has 2 aromatic rings. The number of nitro groups is 1. The van der Waals surface area contributed by atoms with Crippen LogP contribution < -0.4 is 14.4 Å². The number of nitrogens with zero attached hydrogens (tertiary/aromatic N) is 3. The van der Waals surface area contributed by atoms with Gasteiger partial charge in [-0.2, -0.15) is 0 Å². The molecule has 0 atom stereocenters. The first-order valence-electron chi connectivity index (χ1n) is 9.52. The smallest absolute Gasteiger partial charge is 0.340 e. The number of nitro benzene ring substituents is 1. The van der Waals surface area contributed by atoms with Crippen LogP contribution >= 0.6 is 0 Å². The second-order valence-corrected chi connectivity index (χ2v) is 6.80. The van der Waals surface area contributed by atoms with Crippen molar-refractivity contribution in [3.05, 3.63) is 57.6 Å². The number of benzene rings is 2. The maximum Gasteiger partial charge on any atom is 0.340 e. The molecule has 10 heteroatoms. The molecule has 0 saturated carbocycles. The van der Waals surface area contributed by atoms with Crippen molar-refractivity contribution >= 4 is 23.3 Å². The fourth-order valence-electron chi connectivity index (χ4n) is 3.49. The Morgan fingerprint density at radius 3 is 2.19 bits per heavy atom. The Balaban J connectivity index is 1.76. The van der Waals surface area contributed by atoms with Crippen LogP contribution in [0.2, 0.25) is 0 Å². The molecule has 0 aromatic heterocycles. The highest BCUT2D eigenvalue weighted by Gasteiger charge is 2.27. The molecule has 3 rings (SSSR count). The number of methoxy groups -OCH3 is 3. The van der Waals surface area contributed by atoms with Gasteiger partial charge in [-0.1, -0.05) is 0 Å². The first-order chi connectivity index (χ1) is 14.9. The Hall–Kier alpha value is -3.82. The van der Waals surface area contributed by atoms with E-state index >= 15 is 0 Å². The molecule has 10 nitrogen and oxygen atoms in total. The van der Waals surface area contributed by atoms with Gasteiger partial charge < -0.3 is 24.0 Å². The van der Waals surface area contributed by atoms with Gasteiger partial charge in [-0.3, -0.25) is 14.9 Å². The molecule has 0 unspecified atom stereocenters. The Morgan fingerprint density at radius 1 is 0.935 bits per heavy atom. The molecule has 2 aromatic carbocycles. The number of carbonyl (C=O) groups excluding carboxylic acids is 2. The van der Waals surface area contributed by atoms with E-state index in [-0.39, 0.29) is 17.2 Å². The van der Waals surface area contributed by atoms with Crippen LogP contribution in [0.25, 0.3) is 0 Å². The topological polar surface area (TPSA) is 111 Å². The number of rotatable bonds is 6. The minimum atomic E-state index is -0.650. The molecule has 1 fully saturated rings. The summed E-state index contributed by atoms with van der Waals surface area (Å²) in [6, 6.07) is 9.10. The molecule has 0 radical (unpaired) electrons. The van der Waals surface area contributed by atoms with Crippen LogP contribution in [0.4, 0.5) is 11.4 Å². The molecule has 1 saturated heterocycles. The lowest BCUT2D eigenvalue weighted by atomic mass is 10.1. The third-order valence-corrected chi connectivity index (χ3v) is 5.13. The van der Waals surface area contributed by atoms with Gasteiger partial charge in [-0.05, 0) is 24.3 Å². The Labute approximate surface area is 179 Å². The quantitative estimate of drug-likeness (QED) is 0.391. The maximum atomic E-state index is 12.9. The fourth-order valence-corrected chi connectivity index (χ4v) is 3.49. The van der Waals surface area contributed by atoms with E-state index in [4.69, 9.17) is 14.2 Å². The lowest BCUT2D eigenvalue weighted by molar-refractivity contribution is -0.384. The summed E-state index contributed by atoms with van der Waals surface area (Å²) in [4.78, 5) is 39.2. The molecule has 0 spiro atoms. The van der Waals surface area contributed by atoms with E-state index in [0.717, 1.165) is 0 Å². The van der Waals surface area contributed by atoms with Crippen LogP contribution in [-0.4, -0.2) is 69.2 Å². The first kappa shape index (κ1) is 21.9. The molecule has 1 heterocycles. The van der Waals surface area contributed by atoms with E-state index in [9.17, 15) is 19.7 Å². The van der Waals surface area contributed by atoms with Gasteiger partial charge in [0.25, 0.3) is 11.6 Å². The minimum absolute atomic E-state index is 0.122. The standard InChI is InChI=1S/C21H23N3O7/c1-29-18-7-4-14(12-19(18)30-2)20(25)23-10-8-22(9-11-23)17-6-5-15(24(27)28)13-16(17)21(26)31-3/h4-7,12-13H,8-11H2,1-3H3. The summed E-state index contributed by atoms with van der Waals surface area (Å²) in [6.45, 7) is 1.76. The third kappa shape index (κ3) is 4.52. The van der Waals surface area contributed by atoms with Crippen LogP contribution in [0.1, 0.15) is 20.7 Å². The fraction of sp³-hybridized carbons (Fsp3) is 0.333. The van der Waals surface area contributed by atoms with Crippen molar-refractivity contribution < 1.29 is 28.7 Å². The number of amides is 1. The minimum Gasteiger partial charge on any atom is -0.493 e. The molecule has 1 amide bonds. The van der Waals surface area contributed by atoms with Gasteiger partial charge in [-0.15, -0.1) is 0 Å². The summed E-state index contributed by atoms with van der Waals surface area (Å²) in [5.41, 5.74) is 0.954. The van der Waals surface area contributed by atoms with Crippen molar-refractivity contribution in [3.8, 4) is 11.5 Å². The van der Waals surface area contributed by atoms with Gasteiger partial charge in [0.15, 0.2) is 11.5 Å². The summed E-state index contributed by atoms with van der Waals surface area (Å²) in [6.07, 6.45) is 0. The SMILES string of the molecule is COC(=O)c1cc([N+](=O)[O-])ccc1N1CCN(C(=O)c2ccc(OC)c(OC)c2)CC1. The highest BCUT2D eigenvalue weighted by molar-refractivity contribution is 5.97. The first-order valence-corrected chi connectivity index (χ1v) is 9.52. The normalized spacial score (nSPS) is 13.5. The van der Waals surface area contributed by atoms with Crippen LogP contribution in [0.5, 0.6) is 11.5 Å². The highest BCUT2D eigenvalue weighted by atomic mass is 16.6. The maximum absolute atomic E-state index is 12.9. The largest absolute Gasteiger partial charge is 0.493 e. The Bertz CT molecular complexity index is 1000. The summed E-state index contributed by atoms with van der Waals surface area (Å²) in [5.74, 6) is 0.220. The second-order valence-electron chi connectivity index (χ2n) is 6.80. The van der Waals surface area contributed by atoms with Crippen LogP contribution in [-0.2, 0) is 4.74 Å². The summed E-state index contributed by atoms with van der Waals surface area (Å²) >= 11 is 0. The molecular weight excluding hydrogens is 406 g/mol. The van der Waals surface area contributed by atoms with Crippen molar-refractivity contribution in [1.82, 2.24) is 4.90 Å². The Morgan fingerprint density at radius 2 is 1.61 bits per heavy atom. The van der Waals surface area contributed by atoms with E-state index in [1.54, 1.807) is 23.1 Å². The number of carbonyl (C=O) groups is 2. The highest BCUT2D eigenvalue weighted by Crippen LogP contribution is 2.29. The Kier molecular flexibility index (Phi) is 6.58. The van der Waals surface area contributed by atoms with E-state index in [1.165, 1.54) is 39.5 Å². The number of non-ortho nitro benzene ring substituents is 1. The predicted octanol–water partition coefficient (Wildman–Crippen LogP) is 2.36. The number of piperazine rings is 1. The van der Waals surface area contributed by atoms with Gasteiger partial charge in [0.2, 0.25) is 0 Å². The van der Waals surface area contributed by atoms with E-state index in [2.05, 4.69) is 0 Å². The number of ether oxygens (including phenoxy) is 3. The summed E-state index contributed by atoms with van der Waals surface area (Å²) in [5, 5.41) is 11.1. The molecule has 31 heavy (non-hydrogen) atoms. The van der Waals surface area contributed by atoms with Crippen molar-refractivity contribution in [2.24, 2.45) is 0 Å². The zero-order valence-corrected chi connectivity index (χ0v) is 17.5. The van der Waals surface area contributed by atoms with E-state index in [1.807, 2.05) is 4.90 Å². The number of anilines is 1. The second kappa shape index (κ2) is 9.33. The summed E-state index contributed by atoms with van der Waals surface area (Å²) < 4.78 is 15.3. The van der Waals surface area contributed by atoms with Gasteiger partial charge in [-0.25, -0.2) is 4.79 Å². The molecular formula is C21H23N3O7. The lowest BCUT2D eigenvalue weighted by Gasteiger charge is -2.36. The molecule has 1 aliphatic rings. The van der Waals surface area contributed by atoms with Crippen LogP contribution in [0, 0.1) is 10.1 Å². The van der Waals surface area contributed by atoms with Crippen molar-refractivity contribution in [1.29, 1.82) is 0 Å². The monoisotopic (exact) mass is 429 g/mol. The number of esters is 1. The van der Waals surface area contributed by atoms with E-state index < -0.39 is 10.9 Å². The average molecular weight is 429 g/mol. The molecule has 0 bridgehead atoms. The van der Waals surface area contributed by atoms with Gasteiger partial charge in [0.05, 0.1) is 37.5 Å². The predicted molar refractivity (Wildman–Crippen MR) is 112 cm³/mol. The van der Waals surface area contributed by atoms with Gasteiger partial charge in [0, 0.05) is 43.9 Å². The average Bonchev–Trinajstić information content (AvgIpc) is 2.82. The lowest BCUT2D eigenvalue weighted by Crippen LogP contribution is -2.49. The molecule has 164 valence electrons. The third-order valence-electron chi connectivity index (χ3n) is 5.13. The zero-order valence-electron chi connectivity index (χ0n) is 17.5. The number of hydrogen-bond acceptors (Lipinski definition) is 8. The molecule has 1 aliphatic heterocycles. The molecule has 0 N–H and O–H groups in total. The van der Waals surface area contributed by atoms with Crippen molar-refractivity contribution in [2.75, 3.05) is 52.4 Å². The van der Waals surface area contributed by atoms with Crippen molar-refractivity contribution in [2.45, 2.75) is 0 Å². The van der Waals surface area contributed by atoms with Gasteiger partial charge in [0.1, 0.15) is 0 Å². The zero-order chi connectivity index (χ0) is 22.5. The molecule has 0 aliphatic carbocycles. The number of hydrogen-bond donors (Lipinski definition) is 0. The van der Waals surface area contributed by atoms with Gasteiger partial charge >= 0.3 is 5.97 Å².